The van der Waals surface area contributed by atoms with Crippen LogP contribution in [0.3, 0.4) is 0 Å². The van der Waals surface area contributed by atoms with Crippen LogP contribution in [0.25, 0.3) is 0 Å². The van der Waals surface area contributed by atoms with Gasteiger partial charge >= 0.3 is 0 Å². The lowest BCUT2D eigenvalue weighted by Gasteiger charge is -2.32. The van der Waals surface area contributed by atoms with Crippen molar-refractivity contribution in [3.63, 3.8) is 0 Å². The van der Waals surface area contributed by atoms with Gasteiger partial charge in [0, 0.05) is 6.04 Å². The average Bonchev–Trinajstić information content (AvgIpc) is 3.09. The summed E-state index contributed by atoms with van der Waals surface area (Å²) in [5, 5.41) is 0. The highest BCUT2D eigenvalue weighted by atomic mass is 32.2. The van der Waals surface area contributed by atoms with E-state index in [-0.39, 0.29) is 17.0 Å². The molecule has 0 radical (unpaired) electrons. The fourth-order valence-electron chi connectivity index (χ4n) is 3.91. The number of nitrogens with zero attached hydrogens (tertiary/aromatic N) is 2. The summed E-state index contributed by atoms with van der Waals surface area (Å²) < 4.78 is 41.8. The smallest absolute Gasteiger partial charge is 0.252 e. The molecule has 1 fully saturated rings. The Morgan fingerprint density at radius 1 is 0.906 bits per heavy atom. The van der Waals surface area contributed by atoms with Gasteiger partial charge in [-0.2, -0.15) is 4.31 Å². The Labute approximate surface area is 185 Å². The van der Waals surface area contributed by atoms with Gasteiger partial charge in [-0.15, -0.1) is 0 Å². The van der Waals surface area contributed by atoms with Gasteiger partial charge in [0.25, 0.3) is 5.91 Å². The largest absolute Gasteiger partial charge is 0.274 e. The van der Waals surface area contributed by atoms with E-state index in [2.05, 4.69) is 0 Å². The highest BCUT2D eigenvalue weighted by Gasteiger charge is 2.48. The fraction of sp³-hybridized carbons (Fsp3) is 0.167. The predicted molar refractivity (Wildman–Crippen MR) is 118 cm³/mol. The van der Waals surface area contributed by atoms with Crippen LogP contribution < -0.4 is 4.90 Å². The number of hydrogen-bond donors (Lipinski definition) is 0. The van der Waals surface area contributed by atoms with Crippen LogP contribution in [0.1, 0.15) is 24.9 Å². The lowest BCUT2D eigenvalue weighted by atomic mass is 10.1. The minimum absolute atomic E-state index is 0.0308. The molecule has 2 amide bonds. The maximum atomic E-state index is 13.7. The molecule has 164 valence electrons. The first-order valence-electron chi connectivity index (χ1n) is 10.1. The summed E-state index contributed by atoms with van der Waals surface area (Å²) in [6, 6.07) is 19.7. The number of benzene rings is 3. The Hall–Kier alpha value is -3.36. The molecule has 0 saturated carbocycles. The first kappa shape index (κ1) is 21.9. The molecule has 3 aromatic rings. The molecule has 2 atom stereocenters. The summed E-state index contributed by atoms with van der Waals surface area (Å²) in [7, 11) is -4.13. The van der Waals surface area contributed by atoms with E-state index < -0.39 is 39.7 Å². The average molecular weight is 453 g/mol. The second kappa shape index (κ2) is 8.64. The van der Waals surface area contributed by atoms with E-state index in [0.29, 0.717) is 5.56 Å². The van der Waals surface area contributed by atoms with Crippen molar-refractivity contribution in [1.29, 1.82) is 0 Å². The van der Waals surface area contributed by atoms with Gasteiger partial charge in [0.1, 0.15) is 11.9 Å². The van der Waals surface area contributed by atoms with Crippen molar-refractivity contribution in [3.8, 4) is 0 Å². The van der Waals surface area contributed by atoms with Crippen molar-refractivity contribution in [1.82, 2.24) is 4.31 Å². The van der Waals surface area contributed by atoms with Gasteiger partial charge < -0.3 is 0 Å². The van der Waals surface area contributed by atoms with E-state index >= 15 is 0 Å². The minimum Gasteiger partial charge on any atom is -0.274 e. The zero-order valence-electron chi connectivity index (χ0n) is 17.3. The highest BCUT2D eigenvalue weighted by molar-refractivity contribution is 7.89. The lowest BCUT2D eigenvalue weighted by Crippen LogP contribution is -2.46. The summed E-state index contributed by atoms with van der Waals surface area (Å²) in [6.45, 7) is 1.69. The lowest BCUT2D eigenvalue weighted by molar-refractivity contribution is -0.122. The quantitative estimate of drug-likeness (QED) is 0.532. The maximum absolute atomic E-state index is 13.7. The Morgan fingerprint density at radius 2 is 1.47 bits per heavy atom. The highest BCUT2D eigenvalue weighted by Crippen LogP contribution is 2.35. The number of sulfonamides is 1. The topological polar surface area (TPSA) is 74.8 Å². The van der Waals surface area contributed by atoms with E-state index in [1.165, 1.54) is 24.3 Å². The van der Waals surface area contributed by atoms with Gasteiger partial charge in [0.2, 0.25) is 15.9 Å². The molecule has 4 rings (SSSR count). The third kappa shape index (κ3) is 3.94. The van der Waals surface area contributed by atoms with Crippen LogP contribution in [-0.4, -0.2) is 30.6 Å². The summed E-state index contributed by atoms with van der Waals surface area (Å²) in [4.78, 5) is 27.1. The molecular weight excluding hydrogens is 431 g/mol. The summed E-state index contributed by atoms with van der Waals surface area (Å²) in [5.74, 6) is -1.71. The number of amides is 2. The van der Waals surface area contributed by atoms with Crippen molar-refractivity contribution in [2.75, 3.05) is 4.90 Å². The Balaban J connectivity index is 1.79. The van der Waals surface area contributed by atoms with Gasteiger partial charge in [0.15, 0.2) is 0 Å². The summed E-state index contributed by atoms with van der Waals surface area (Å²) in [5.41, 5.74) is 0.890. The predicted octanol–water partition coefficient (Wildman–Crippen LogP) is 3.91. The van der Waals surface area contributed by atoms with Crippen LogP contribution >= 0.6 is 0 Å². The van der Waals surface area contributed by atoms with Crippen LogP contribution in [-0.2, 0) is 19.6 Å². The number of carbonyl (C=O) groups is 2. The number of halogens is 1. The number of anilines is 1. The van der Waals surface area contributed by atoms with Crippen LogP contribution in [0.15, 0.2) is 89.8 Å². The van der Waals surface area contributed by atoms with Crippen molar-refractivity contribution in [2.45, 2.75) is 30.3 Å². The van der Waals surface area contributed by atoms with Crippen molar-refractivity contribution in [3.05, 3.63) is 96.3 Å². The SMILES string of the molecule is CC(c1ccccc1)N(C1CC(=O)N(c2ccc(F)cc2)C1=O)S(=O)(=O)c1ccccc1. The van der Waals surface area contributed by atoms with Crippen molar-refractivity contribution >= 4 is 27.5 Å². The molecule has 32 heavy (non-hydrogen) atoms. The van der Waals surface area contributed by atoms with Crippen LogP contribution in [0.5, 0.6) is 0 Å². The molecule has 1 aliphatic heterocycles. The van der Waals surface area contributed by atoms with E-state index in [4.69, 9.17) is 0 Å². The Kier molecular flexibility index (Phi) is 5.90. The van der Waals surface area contributed by atoms with Gasteiger partial charge in [0.05, 0.1) is 17.0 Å². The van der Waals surface area contributed by atoms with E-state index in [9.17, 15) is 22.4 Å². The van der Waals surface area contributed by atoms with Crippen LogP contribution in [0.4, 0.5) is 10.1 Å². The van der Waals surface area contributed by atoms with E-state index in [1.807, 2.05) is 6.07 Å². The second-order valence-corrected chi connectivity index (χ2v) is 9.34. The molecular formula is C24H21FN2O4S. The number of imide groups is 1. The molecule has 0 spiro atoms. The molecule has 0 N–H and O–H groups in total. The van der Waals surface area contributed by atoms with Crippen molar-refractivity contribution < 1.29 is 22.4 Å². The molecule has 1 saturated heterocycles. The van der Waals surface area contributed by atoms with Gasteiger partial charge in [-0.1, -0.05) is 48.5 Å². The molecule has 6 nitrogen and oxygen atoms in total. The molecule has 8 heteroatoms. The third-order valence-electron chi connectivity index (χ3n) is 5.50. The summed E-state index contributed by atoms with van der Waals surface area (Å²) >= 11 is 0. The Bertz CT molecular complexity index is 1230. The molecule has 1 heterocycles. The maximum Gasteiger partial charge on any atom is 0.252 e. The molecule has 1 aliphatic rings. The molecule has 0 bridgehead atoms. The first-order valence-corrected chi connectivity index (χ1v) is 11.5. The second-order valence-electron chi connectivity index (χ2n) is 7.50. The van der Waals surface area contributed by atoms with Crippen molar-refractivity contribution in [2.24, 2.45) is 0 Å². The van der Waals surface area contributed by atoms with Gasteiger partial charge in [-0.25, -0.2) is 17.7 Å². The van der Waals surface area contributed by atoms with Crippen LogP contribution in [0.2, 0.25) is 0 Å². The monoisotopic (exact) mass is 452 g/mol. The van der Waals surface area contributed by atoms with Crippen LogP contribution in [0, 0.1) is 5.82 Å². The standard InChI is InChI=1S/C24H21FN2O4S/c1-17(18-8-4-2-5-9-18)27(32(30,31)21-10-6-3-7-11-21)22-16-23(28)26(24(22)29)20-14-12-19(25)13-15-20/h2-15,17,22H,16H2,1H3. The summed E-state index contributed by atoms with van der Waals surface area (Å²) in [6.07, 6.45) is -0.306. The zero-order chi connectivity index (χ0) is 22.9. The number of carbonyl (C=O) groups excluding carboxylic acids is 2. The van der Waals surface area contributed by atoms with Gasteiger partial charge in [-0.3, -0.25) is 9.59 Å². The molecule has 2 unspecified atom stereocenters. The molecule has 3 aromatic carbocycles. The zero-order valence-corrected chi connectivity index (χ0v) is 18.1. The third-order valence-corrected chi connectivity index (χ3v) is 7.49. The van der Waals surface area contributed by atoms with E-state index in [1.54, 1.807) is 49.4 Å². The molecule has 0 aromatic heterocycles. The minimum atomic E-state index is -4.13. The molecule has 0 aliphatic carbocycles. The van der Waals surface area contributed by atoms with E-state index in [0.717, 1.165) is 21.3 Å². The van der Waals surface area contributed by atoms with Gasteiger partial charge in [-0.05, 0) is 48.9 Å². The fourth-order valence-corrected chi connectivity index (χ4v) is 5.70. The Morgan fingerprint density at radius 3 is 2.06 bits per heavy atom. The normalized spacial score (nSPS) is 17.7. The number of rotatable bonds is 6. The first-order chi connectivity index (χ1) is 15.3. The number of hydrogen-bond acceptors (Lipinski definition) is 4.